The molecule has 11 heavy (non-hydrogen) atoms. The smallest absolute Gasteiger partial charge is 0.0327 e. The molecule has 1 N–H and O–H groups in total. The molecule has 66 valence electrons. The lowest BCUT2D eigenvalue weighted by atomic mass is 9.75. The Morgan fingerprint density at radius 2 is 2.00 bits per heavy atom. The van der Waals surface area contributed by atoms with Crippen LogP contribution in [0.3, 0.4) is 0 Å². The summed E-state index contributed by atoms with van der Waals surface area (Å²) in [5, 5.41) is 3.43. The van der Waals surface area contributed by atoms with Crippen molar-refractivity contribution in [2.45, 2.75) is 31.7 Å². The summed E-state index contributed by atoms with van der Waals surface area (Å²) in [5.41, 5.74) is 0.496. The fraction of sp³-hybridized carbons (Fsp3) is 1.00. The van der Waals surface area contributed by atoms with Crippen molar-refractivity contribution in [1.29, 1.82) is 0 Å². The van der Waals surface area contributed by atoms with E-state index in [4.69, 9.17) is 0 Å². The number of nitrogens with zero attached hydrogens (tertiary/aromatic N) is 1. The Bertz CT molecular complexity index is 117. The third-order valence-electron chi connectivity index (χ3n) is 2.94. The molecule has 0 unspecified atom stereocenters. The van der Waals surface area contributed by atoms with Crippen molar-refractivity contribution in [3.05, 3.63) is 0 Å². The van der Waals surface area contributed by atoms with Crippen LogP contribution in [0.1, 0.15) is 26.2 Å². The maximum atomic E-state index is 3.43. The number of hydrogen-bond acceptors (Lipinski definition) is 2. The Hall–Kier alpha value is -0.0800. The predicted octanol–water partition coefficient (Wildman–Crippen LogP) is 1.08. The third kappa shape index (κ3) is 1.74. The summed E-state index contributed by atoms with van der Waals surface area (Å²) < 4.78 is 0. The normalized spacial score (nSPS) is 21.8. The van der Waals surface area contributed by atoms with Gasteiger partial charge in [-0.05, 0) is 39.9 Å². The molecule has 0 saturated heterocycles. The van der Waals surface area contributed by atoms with E-state index < -0.39 is 0 Å². The minimum atomic E-state index is 0.496. The predicted molar refractivity (Wildman–Crippen MR) is 48.8 cm³/mol. The Balaban J connectivity index is 2.34. The van der Waals surface area contributed by atoms with Gasteiger partial charge in [0.2, 0.25) is 0 Å². The third-order valence-corrected chi connectivity index (χ3v) is 2.94. The first-order chi connectivity index (χ1) is 5.21. The summed E-state index contributed by atoms with van der Waals surface area (Å²) in [6.45, 7) is 4.42. The molecule has 0 bridgehead atoms. The van der Waals surface area contributed by atoms with Crippen molar-refractivity contribution < 1.29 is 0 Å². The van der Waals surface area contributed by atoms with Gasteiger partial charge in [-0.3, -0.25) is 0 Å². The van der Waals surface area contributed by atoms with Gasteiger partial charge in [-0.1, -0.05) is 6.92 Å². The number of nitrogens with one attached hydrogen (secondary N) is 1. The molecule has 0 amide bonds. The molecule has 2 nitrogen and oxygen atoms in total. The van der Waals surface area contributed by atoms with Crippen LogP contribution in [0.5, 0.6) is 0 Å². The fourth-order valence-electron chi connectivity index (χ4n) is 1.72. The van der Waals surface area contributed by atoms with Crippen LogP contribution in [-0.2, 0) is 0 Å². The minimum absolute atomic E-state index is 0.496. The summed E-state index contributed by atoms with van der Waals surface area (Å²) in [6.07, 6.45) is 4.14. The number of likely N-dealkylation sites (N-methyl/N-ethyl adjacent to an activating group) is 2. The minimum Gasteiger partial charge on any atom is -0.315 e. The van der Waals surface area contributed by atoms with Crippen LogP contribution in [0.2, 0.25) is 0 Å². The second-order valence-corrected chi connectivity index (χ2v) is 3.75. The standard InChI is InChI=1S/C9H20N2/c1-4-10-8-9(11(2)3)6-5-7-9/h10H,4-8H2,1-3H3. The lowest BCUT2D eigenvalue weighted by Gasteiger charge is -2.47. The fourth-order valence-corrected chi connectivity index (χ4v) is 1.72. The van der Waals surface area contributed by atoms with Crippen molar-refractivity contribution >= 4 is 0 Å². The van der Waals surface area contributed by atoms with Gasteiger partial charge < -0.3 is 10.2 Å². The Morgan fingerprint density at radius 3 is 2.27 bits per heavy atom. The van der Waals surface area contributed by atoms with Crippen LogP contribution in [0.4, 0.5) is 0 Å². The van der Waals surface area contributed by atoms with Crippen LogP contribution >= 0.6 is 0 Å². The van der Waals surface area contributed by atoms with E-state index in [1.165, 1.54) is 19.3 Å². The molecule has 0 aromatic carbocycles. The molecular formula is C9H20N2. The monoisotopic (exact) mass is 156 g/mol. The van der Waals surface area contributed by atoms with Gasteiger partial charge in [-0.25, -0.2) is 0 Å². The topological polar surface area (TPSA) is 15.3 Å². The molecule has 1 rings (SSSR count). The van der Waals surface area contributed by atoms with Crippen LogP contribution in [-0.4, -0.2) is 37.6 Å². The van der Waals surface area contributed by atoms with Crippen LogP contribution in [0.25, 0.3) is 0 Å². The molecule has 0 radical (unpaired) electrons. The van der Waals surface area contributed by atoms with Gasteiger partial charge in [0, 0.05) is 12.1 Å². The quantitative estimate of drug-likeness (QED) is 0.655. The highest BCUT2D eigenvalue weighted by Gasteiger charge is 2.38. The van der Waals surface area contributed by atoms with Crippen LogP contribution in [0, 0.1) is 0 Å². The molecule has 0 heterocycles. The second kappa shape index (κ2) is 3.55. The first-order valence-electron chi connectivity index (χ1n) is 4.59. The largest absolute Gasteiger partial charge is 0.315 e. The highest BCUT2D eigenvalue weighted by Crippen LogP contribution is 2.35. The zero-order valence-electron chi connectivity index (χ0n) is 7.98. The zero-order valence-corrected chi connectivity index (χ0v) is 7.98. The molecule has 1 fully saturated rings. The van der Waals surface area contributed by atoms with E-state index in [0.717, 1.165) is 13.1 Å². The zero-order chi connectivity index (χ0) is 8.32. The molecule has 1 aliphatic rings. The summed E-state index contributed by atoms with van der Waals surface area (Å²) in [5.74, 6) is 0. The molecule has 0 aliphatic heterocycles. The highest BCUT2D eigenvalue weighted by atomic mass is 15.2. The van der Waals surface area contributed by atoms with Gasteiger partial charge in [0.15, 0.2) is 0 Å². The first-order valence-corrected chi connectivity index (χ1v) is 4.59. The van der Waals surface area contributed by atoms with Gasteiger partial charge >= 0.3 is 0 Å². The van der Waals surface area contributed by atoms with Crippen molar-refractivity contribution in [2.75, 3.05) is 27.2 Å². The maximum absolute atomic E-state index is 3.43. The molecular weight excluding hydrogens is 136 g/mol. The van der Waals surface area contributed by atoms with E-state index in [-0.39, 0.29) is 0 Å². The van der Waals surface area contributed by atoms with Gasteiger partial charge in [0.1, 0.15) is 0 Å². The molecule has 0 aromatic heterocycles. The average Bonchev–Trinajstić information content (AvgIpc) is 1.85. The lowest BCUT2D eigenvalue weighted by molar-refractivity contribution is 0.0607. The van der Waals surface area contributed by atoms with E-state index >= 15 is 0 Å². The van der Waals surface area contributed by atoms with Crippen LogP contribution < -0.4 is 5.32 Å². The van der Waals surface area contributed by atoms with Crippen molar-refractivity contribution in [2.24, 2.45) is 0 Å². The SMILES string of the molecule is CCNCC1(N(C)C)CCC1. The summed E-state index contributed by atoms with van der Waals surface area (Å²) in [6, 6.07) is 0. The van der Waals surface area contributed by atoms with Gasteiger partial charge in [0.05, 0.1) is 0 Å². The molecule has 1 aliphatic carbocycles. The van der Waals surface area contributed by atoms with Gasteiger partial charge in [0.25, 0.3) is 0 Å². The maximum Gasteiger partial charge on any atom is 0.0327 e. The van der Waals surface area contributed by atoms with Crippen molar-refractivity contribution in [1.82, 2.24) is 10.2 Å². The Morgan fingerprint density at radius 1 is 1.36 bits per heavy atom. The molecule has 0 aromatic rings. The Kier molecular flexibility index (Phi) is 2.90. The first kappa shape index (κ1) is 9.01. The molecule has 2 heteroatoms. The highest BCUT2D eigenvalue weighted by molar-refractivity contribution is 4.97. The number of rotatable bonds is 4. The Labute approximate surface area is 70.0 Å². The van der Waals surface area contributed by atoms with Crippen molar-refractivity contribution in [3.63, 3.8) is 0 Å². The summed E-state index contributed by atoms with van der Waals surface area (Å²) in [4.78, 5) is 2.37. The van der Waals surface area contributed by atoms with E-state index in [9.17, 15) is 0 Å². The number of hydrogen-bond donors (Lipinski definition) is 1. The van der Waals surface area contributed by atoms with Crippen molar-refractivity contribution in [3.8, 4) is 0 Å². The van der Waals surface area contributed by atoms with E-state index in [2.05, 4.69) is 31.2 Å². The summed E-state index contributed by atoms with van der Waals surface area (Å²) in [7, 11) is 4.38. The van der Waals surface area contributed by atoms with Gasteiger partial charge in [-0.15, -0.1) is 0 Å². The molecule has 0 atom stereocenters. The van der Waals surface area contributed by atoms with E-state index in [1.807, 2.05) is 0 Å². The second-order valence-electron chi connectivity index (χ2n) is 3.75. The summed E-state index contributed by atoms with van der Waals surface area (Å²) >= 11 is 0. The molecule has 1 saturated carbocycles. The van der Waals surface area contributed by atoms with E-state index in [0.29, 0.717) is 5.54 Å². The van der Waals surface area contributed by atoms with Crippen LogP contribution in [0.15, 0.2) is 0 Å². The van der Waals surface area contributed by atoms with Gasteiger partial charge in [-0.2, -0.15) is 0 Å². The average molecular weight is 156 g/mol. The molecule has 0 spiro atoms. The van der Waals surface area contributed by atoms with E-state index in [1.54, 1.807) is 0 Å². The lowest BCUT2D eigenvalue weighted by Crippen LogP contribution is -2.56.